The number of aliphatic hydroxyl groups excluding tert-OH is 1. The number of sulfonamides is 1. The summed E-state index contributed by atoms with van der Waals surface area (Å²) < 4.78 is 50.0. The van der Waals surface area contributed by atoms with Gasteiger partial charge in [0.1, 0.15) is 10.8 Å². The standard InChI is InChI=1S/C42H43N5O8S2/c1-27-10-19-35-37(24-27)56-41(44-35)29-11-13-31(14-12-29)43-40(49)36-25-30(39-28(2)45(3)47(42(39)50)32-8-6-5-7-9-32)26-38(55-36)54-23-21-46(20-22-48)57(51,52)34-17-15-33(53-4)16-18-34/h5-19,24-25,30,38,48H,20-23,26H2,1-4H3,(H,43,49)/t30-,38+/m0/s1. The number of carbonyl (C=O) groups excluding carboxylic acids is 1. The first-order chi connectivity index (χ1) is 27.5. The molecule has 6 aromatic rings. The number of nitrogens with one attached hydrogen (secondary N) is 1. The number of aliphatic hydroxyl groups is 1. The topological polar surface area (TPSA) is 154 Å². The minimum atomic E-state index is -4.00. The van der Waals surface area contributed by atoms with E-state index in [-0.39, 0.29) is 42.3 Å². The lowest BCUT2D eigenvalue weighted by Gasteiger charge is -2.29. The van der Waals surface area contributed by atoms with Crippen LogP contribution in [-0.4, -0.2) is 77.8 Å². The highest BCUT2D eigenvalue weighted by molar-refractivity contribution is 7.89. The molecular formula is C42H43N5O8S2. The fourth-order valence-corrected chi connectivity index (χ4v) is 9.31. The highest BCUT2D eigenvalue weighted by atomic mass is 32.2. The summed E-state index contributed by atoms with van der Waals surface area (Å²) in [5.74, 6) is -0.676. The number of methoxy groups -OCH3 is 1. The summed E-state index contributed by atoms with van der Waals surface area (Å²) >= 11 is 1.60. The third kappa shape index (κ3) is 8.43. The first kappa shape index (κ1) is 39.6. The Labute approximate surface area is 334 Å². The van der Waals surface area contributed by atoms with Crippen LogP contribution in [-0.2, 0) is 31.3 Å². The fourth-order valence-electron chi connectivity index (χ4n) is 6.83. The number of benzene rings is 4. The highest BCUT2D eigenvalue weighted by Gasteiger charge is 2.34. The van der Waals surface area contributed by atoms with Crippen molar-refractivity contribution in [3.05, 3.63) is 136 Å². The van der Waals surface area contributed by atoms with Crippen LogP contribution in [0.2, 0.25) is 0 Å². The Hall–Kier alpha value is -5.58. The lowest BCUT2D eigenvalue weighted by Crippen LogP contribution is -2.38. The molecule has 2 N–H and O–H groups in total. The number of para-hydroxylation sites is 1. The quantitative estimate of drug-likeness (QED) is 0.132. The van der Waals surface area contributed by atoms with E-state index >= 15 is 0 Å². The molecule has 0 radical (unpaired) electrons. The molecule has 0 saturated carbocycles. The largest absolute Gasteiger partial charge is 0.497 e. The van der Waals surface area contributed by atoms with Gasteiger partial charge in [-0.25, -0.2) is 18.1 Å². The molecule has 1 amide bonds. The van der Waals surface area contributed by atoms with E-state index < -0.39 is 34.7 Å². The molecule has 1 aliphatic heterocycles. The molecule has 3 heterocycles. The predicted molar refractivity (Wildman–Crippen MR) is 219 cm³/mol. The zero-order chi connectivity index (χ0) is 40.3. The van der Waals surface area contributed by atoms with E-state index in [4.69, 9.17) is 19.2 Å². The Bertz CT molecular complexity index is 2580. The van der Waals surface area contributed by atoms with Gasteiger partial charge < -0.3 is 24.6 Å². The highest BCUT2D eigenvalue weighted by Crippen LogP contribution is 2.34. The summed E-state index contributed by atoms with van der Waals surface area (Å²) in [5.41, 5.74) is 5.14. The van der Waals surface area contributed by atoms with Gasteiger partial charge in [0.05, 0.1) is 41.1 Å². The number of aryl methyl sites for hydroxylation is 1. The van der Waals surface area contributed by atoms with Gasteiger partial charge in [-0.2, -0.15) is 4.31 Å². The van der Waals surface area contributed by atoms with Crippen LogP contribution in [0.4, 0.5) is 5.69 Å². The van der Waals surface area contributed by atoms with Crippen LogP contribution in [0.5, 0.6) is 5.75 Å². The Balaban J connectivity index is 1.13. The smallest absolute Gasteiger partial charge is 0.290 e. The number of hydrogen-bond acceptors (Lipinski definition) is 10. The second-order valence-corrected chi connectivity index (χ2v) is 16.6. The van der Waals surface area contributed by atoms with Crippen LogP contribution < -0.4 is 15.6 Å². The summed E-state index contributed by atoms with van der Waals surface area (Å²) in [5, 5.41) is 13.5. The van der Waals surface area contributed by atoms with Gasteiger partial charge in [0.25, 0.3) is 11.5 Å². The van der Waals surface area contributed by atoms with Gasteiger partial charge in [0, 0.05) is 55.0 Å². The summed E-state index contributed by atoms with van der Waals surface area (Å²) in [6.45, 7) is 3.07. The number of anilines is 1. The third-order valence-corrected chi connectivity index (χ3v) is 12.9. The molecule has 2 aromatic heterocycles. The molecule has 0 spiro atoms. The summed E-state index contributed by atoms with van der Waals surface area (Å²) in [4.78, 5) is 32.8. The van der Waals surface area contributed by atoms with Crippen molar-refractivity contribution in [3.63, 3.8) is 0 Å². The van der Waals surface area contributed by atoms with Crippen molar-refractivity contribution >= 4 is 43.2 Å². The van der Waals surface area contributed by atoms with Crippen molar-refractivity contribution in [2.24, 2.45) is 7.05 Å². The number of nitrogens with zero attached hydrogens (tertiary/aromatic N) is 4. The second kappa shape index (κ2) is 16.9. The van der Waals surface area contributed by atoms with Crippen LogP contribution in [0, 0.1) is 13.8 Å². The zero-order valence-electron chi connectivity index (χ0n) is 31.9. The number of amides is 1. The molecule has 15 heteroatoms. The van der Waals surface area contributed by atoms with Crippen LogP contribution in [0.1, 0.15) is 29.2 Å². The minimum absolute atomic E-state index is 0.0325. The molecule has 1 aliphatic rings. The monoisotopic (exact) mass is 809 g/mol. The maximum absolute atomic E-state index is 14.1. The SMILES string of the molecule is COc1ccc(S(=O)(=O)N(CCO)CCO[C@H]2C[C@@H](c3c(C)n(C)n(-c4ccccc4)c3=O)C=C(C(=O)Nc3ccc(-c4nc5ccc(C)cc5s4)cc3)O2)cc1. The number of fused-ring (bicyclic) bond motifs is 1. The van der Waals surface area contributed by atoms with E-state index in [1.165, 1.54) is 19.2 Å². The average Bonchev–Trinajstić information content (AvgIpc) is 3.74. The predicted octanol–water partition coefficient (Wildman–Crippen LogP) is 6.13. The summed E-state index contributed by atoms with van der Waals surface area (Å²) in [6.07, 6.45) is 0.792. The van der Waals surface area contributed by atoms with E-state index in [1.54, 1.807) is 58.1 Å². The van der Waals surface area contributed by atoms with Crippen molar-refractivity contribution in [1.82, 2.24) is 18.7 Å². The van der Waals surface area contributed by atoms with E-state index in [1.807, 2.05) is 68.4 Å². The molecule has 2 atom stereocenters. The van der Waals surface area contributed by atoms with E-state index in [2.05, 4.69) is 11.4 Å². The molecule has 296 valence electrons. The second-order valence-electron chi connectivity index (χ2n) is 13.6. The van der Waals surface area contributed by atoms with Crippen LogP contribution >= 0.6 is 11.3 Å². The Morgan fingerprint density at radius 1 is 1.02 bits per heavy atom. The molecule has 0 unspecified atom stereocenters. The number of carbonyl (C=O) groups is 1. The number of hydrogen-bond donors (Lipinski definition) is 2. The molecule has 0 bridgehead atoms. The summed E-state index contributed by atoms with van der Waals surface area (Å²) in [7, 11) is -0.712. The first-order valence-electron chi connectivity index (χ1n) is 18.3. The minimum Gasteiger partial charge on any atom is -0.497 e. The first-order valence-corrected chi connectivity index (χ1v) is 20.6. The molecule has 13 nitrogen and oxygen atoms in total. The third-order valence-electron chi connectivity index (χ3n) is 9.88. The van der Waals surface area contributed by atoms with Crippen molar-refractivity contribution in [2.75, 3.05) is 38.7 Å². The van der Waals surface area contributed by atoms with Gasteiger partial charge in [0.2, 0.25) is 16.3 Å². The van der Waals surface area contributed by atoms with Gasteiger partial charge in [-0.3, -0.25) is 14.3 Å². The molecule has 0 aliphatic carbocycles. The molecule has 0 saturated heterocycles. The van der Waals surface area contributed by atoms with E-state index in [0.29, 0.717) is 28.4 Å². The van der Waals surface area contributed by atoms with Crippen molar-refractivity contribution in [1.29, 1.82) is 0 Å². The van der Waals surface area contributed by atoms with Gasteiger partial charge in [0.15, 0.2) is 5.76 Å². The zero-order valence-corrected chi connectivity index (χ0v) is 33.5. The van der Waals surface area contributed by atoms with Gasteiger partial charge in [-0.05, 0) is 98.3 Å². The fraction of sp³-hybridized carbons (Fsp3) is 0.262. The number of aromatic nitrogens is 3. The maximum atomic E-state index is 14.1. The number of allylic oxidation sites excluding steroid dienone is 1. The molecule has 4 aromatic carbocycles. The Morgan fingerprint density at radius 2 is 1.75 bits per heavy atom. The van der Waals surface area contributed by atoms with Crippen LogP contribution in [0.15, 0.2) is 119 Å². The van der Waals surface area contributed by atoms with Gasteiger partial charge >= 0.3 is 0 Å². The van der Waals surface area contributed by atoms with Crippen molar-refractivity contribution in [3.8, 4) is 22.0 Å². The lowest BCUT2D eigenvalue weighted by atomic mass is 9.93. The summed E-state index contributed by atoms with van der Waals surface area (Å²) in [6, 6.07) is 28.7. The van der Waals surface area contributed by atoms with Crippen LogP contribution in [0.3, 0.4) is 0 Å². The Morgan fingerprint density at radius 3 is 2.46 bits per heavy atom. The van der Waals surface area contributed by atoms with E-state index in [0.717, 1.165) is 30.7 Å². The van der Waals surface area contributed by atoms with E-state index in [9.17, 15) is 23.1 Å². The number of rotatable bonds is 14. The molecule has 7 rings (SSSR count). The average molecular weight is 810 g/mol. The van der Waals surface area contributed by atoms with Crippen LogP contribution in [0.25, 0.3) is 26.5 Å². The van der Waals surface area contributed by atoms with Gasteiger partial charge in [-0.1, -0.05) is 24.3 Å². The van der Waals surface area contributed by atoms with Crippen molar-refractivity contribution < 1.29 is 32.5 Å². The number of ether oxygens (including phenoxy) is 3. The normalized spacial score (nSPS) is 15.7. The number of thiazole rings is 1. The maximum Gasteiger partial charge on any atom is 0.290 e. The molecule has 0 fully saturated rings. The Kier molecular flexibility index (Phi) is 11.7. The van der Waals surface area contributed by atoms with Gasteiger partial charge in [-0.15, -0.1) is 11.3 Å². The lowest BCUT2D eigenvalue weighted by molar-refractivity contribution is -0.143. The van der Waals surface area contributed by atoms with Crippen molar-refractivity contribution in [2.45, 2.75) is 37.4 Å². The molecule has 57 heavy (non-hydrogen) atoms. The molecular weight excluding hydrogens is 767 g/mol.